The van der Waals surface area contributed by atoms with Gasteiger partial charge in [-0.3, -0.25) is 14.3 Å². The van der Waals surface area contributed by atoms with Crippen molar-refractivity contribution in [3.8, 4) is 0 Å². The Hall–Kier alpha value is -1.05. The van der Waals surface area contributed by atoms with E-state index < -0.39 is 17.5 Å². The summed E-state index contributed by atoms with van der Waals surface area (Å²) in [6, 6.07) is 1.29. The Morgan fingerprint density at radius 1 is 1.61 bits per heavy atom. The summed E-state index contributed by atoms with van der Waals surface area (Å²) >= 11 is 1.71. The predicted octanol–water partition coefficient (Wildman–Crippen LogP) is -0.0619. The minimum absolute atomic E-state index is 0.0632. The standard InChI is InChI=1S/C11H16N2O4S/c1-2-18-8-5-10(17-7(8)6-14)13-4-3-9(15)12-11(13)16/h3-4,7-8,10,14H,2,5-6H2,1H3,(H,12,15,16)/t7-,8+,10-/m1/s1. The van der Waals surface area contributed by atoms with E-state index in [4.69, 9.17) is 4.74 Å². The number of aliphatic hydroxyl groups is 1. The summed E-state index contributed by atoms with van der Waals surface area (Å²) in [5.74, 6) is 0.928. The van der Waals surface area contributed by atoms with Gasteiger partial charge in [0.05, 0.1) is 12.7 Å². The molecule has 1 fully saturated rings. The normalized spacial score (nSPS) is 27.6. The Morgan fingerprint density at radius 3 is 3.00 bits per heavy atom. The number of aromatic amines is 1. The first-order valence-corrected chi connectivity index (χ1v) is 6.90. The van der Waals surface area contributed by atoms with Crippen LogP contribution in [0.4, 0.5) is 0 Å². The summed E-state index contributed by atoms with van der Waals surface area (Å²) in [6.45, 7) is 1.98. The van der Waals surface area contributed by atoms with Crippen LogP contribution in [-0.2, 0) is 4.74 Å². The number of hydrogen-bond acceptors (Lipinski definition) is 5. The van der Waals surface area contributed by atoms with E-state index in [1.165, 1.54) is 16.8 Å². The second-order valence-electron chi connectivity index (χ2n) is 4.06. The molecule has 1 aromatic heterocycles. The lowest BCUT2D eigenvalue weighted by molar-refractivity contribution is -0.0237. The molecule has 100 valence electrons. The molecule has 0 unspecified atom stereocenters. The Labute approximate surface area is 108 Å². The molecule has 0 saturated carbocycles. The molecule has 3 atom stereocenters. The zero-order valence-corrected chi connectivity index (χ0v) is 10.9. The van der Waals surface area contributed by atoms with Crippen LogP contribution in [0.15, 0.2) is 21.9 Å². The van der Waals surface area contributed by atoms with E-state index >= 15 is 0 Å². The summed E-state index contributed by atoms with van der Waals surface area (Å²) in [5, 5.41) is 9.43. The van der Waals surface area contributed by atoms with Crippen LogP contribution in [-0.4, -0.2) is 38.4 Å². The highest BCUT2D eigenvalue weighted by Gasteiger charge is 2.36. The van der Waals surface area contributed by atoms with Crippen molar-refractivity contribution < 1.29 is 9.84 Å². The largest absolute Gasteiger partial charge is 0.394 e. The molecular formula is C11H16N2O4S. The number of hydrogen-bond donors (Lipinski definition) is 2. The van der Waals surface area contributed by atoms with Crippen LogP contribution in [0.5, 0.6) is 0 Å². The summed E-state index contributed by atoms with van der Waals surface area (Å²) in [5.41, 5.74) is -0.904. The van der Waals surface area contributed by atoms with Crippen molar-refractivity contribution >= 4 is 11.8 Å². The highest BCUT2D eigenvalue weighted by atomic mass is 32.2. The first-order valence-electron chi connectivity index (χ1n) is 5.85. The number of nitrogens with one attached hydrogen (secondary N) is 1. The molecule has 6 nitrogen and oxygen atoms in total. The zero-order valence-electron chi connectivity index (χ0n) is 10.0. The van der Waals surface area contributed by atoms with Gasteiger partial charge < -0.3 is 9.84 Å². The van der Waals surface area contributed by atoms with Crippen LogP contribution in [0, 0.1) is 0 Å². The quantitative estimate of drug-likeness (QED) is 0.802. The van der Waals surface area contributed by atoms with Crippen LogP contribution in [0.2, 0.25) is 0 Å². The third kappa shape index (κ3) is 2.68. The third-order valence-corrected chi connectivity index (χ3v) is 4.16. The summed E-state index contributed by atoms with van der Waals surface area (Å²) < 4.78 is 7.01. The second kappa shape index (κ2) is 5.73. The van der Waals surface area contributed by atoms with Gasteiger partial charge in [0.2, 0.25) is 0 Å². The average Bonchev–Trinajstić information content (AvgIpc) is 2.72. The van der Waals surface area contributed by atoms with Gasteiger partial charge in [0.1, 0.15) is 6.23 Å². The van der Waals surface area contributed by atoms with Gasteiger partial charge in [-0.1, -0.05) is 6.92 Å². The van der Waals surface area contributed by atoms with Crippen LogP contribution in [0.25, 0.3) is 0 Å². The van der Waals surface area contributed by atoms with Crippen molar-refractivity contribution in [2.24, 2.45) is 0 Å². The Kier molecular flexibility index (Phi) is 4.26. The van der Waals surface area contributed by atoms with Crippen molar-refractivity contribution in [2.45, 2.75) is 30.9 Å². The molecule has 2 N–H and O–H groups in total. The molecule has 0 aliphatic carbocycles. The van der Waals surface area contributed by atoms with Gasteiger partial charge in [-0.2, -0.15) is 11.8 Å². The van der Waals surface area contributed by atoms with Crippen molar-refractivity contribution in [1.82, 2.24) is 9.55 Å². The maximum absolute atomic E-state index is 11.6. The first-order chi connectivity index (χ1) is 8.65. The molecule has 1 saturated heterocycles. The number of thioether (sulfide) groups is 1. The van der Waals surface area contributed by atoms with Gasteiger partial charge >= 0.3 is 5.69 Å². The fraction of sp³-hybridized carbons (Fsp3) is 0.636. The topological polar surface area (TPSA) is 84.3 Å². The summed E-state index contributed by atoms with van der Waals surface area (Å²) in [7, 11) is 0. The van der Waals surface area contributed by atoms with E-state index in [1.807, 2.05) is 6.92 Å². The Balaban J connectivity index is 2.20. The molecule has 1 aliphatic heterocycles. The van der Waals surface area contributed by atoms with Crippen molar-refractivity contribution in [3.63, 3.8) is 0 Å². The molecule has 0 aromatic carbocycles. The Bertz CT molecular complexity index is 512. The predicted molar refractivity (Wildman–Crippen MR) is 68.9 cm³/mol. The van der Waals surface area contributed by atoms with E-state index in [2.05, 4.69) is 4.98 Å². The number of H-pyrrole nitrogens is 1. The highest BCUT2D eigenvalue weighted by molar-refractivity contribution is 7.99. The Morgan fingerprint density at radius 2 is 2.39 bits per heavy atom. The fourth-order valence-electron chi connectivity index (χ4n) is 2.08. The molecule has 1 aliphatic rings. The second-order valence-corrected chi connectivity index (χ2v) is 5.57. The lowest BCUT2D eigenvalue weighted by Crippen LogP contribution is -2.31. The van der Waals surface area contributed by atoms with Crippen molar-refractivity contribution in [2.75, 3.05) is 12.4 Å². The van der Waals surface area contributed by atoms with Gasteiger partial charge in [0.15, 0.2) is 0 Å². The van der Waals surface area contributed by atoms with E-state index in [9.17, 15) is 14.7 Å². The fourth-order valence-corrected chi connectivity index (χ4v) is 3.17. The van der Waals surface area contributed by atoms with Crippen LogP contribution in [0.3, 0.4) is 0 Å². The maximum Gasteiger partial charge on any atom is 0.330 e. The molecule has 2 heterocycles. The van der Waals surface area contributed by atoms with Crippen LogP contribution < -0.4 is 11.2 Å². The van der Waals surface area contributed by atoms with Gasteiger partial charge in [-0.05, 0) is 5.75 Å². The van der Waals surface area contributed by atoms with Gasteiger partial charge in [0.25, 0.3) is 5.56 Å². The number of aliphatic hydroxyl groups excluding tert-OH is 1. The third-order valence-electron chi connectivity index (χ3n) is 2.90. The molecule has 0 amide bonds. The van der Waals surface area contributed by atoms with Gasteiger partial charge in [0, 0.05) is 23.9 Å². The first kappa shape index (κ1) is 13.4. The number of nitrogens with zero attached hydrogens (tertiary/aromatic N) is 1. The number of rotatable bonds is 4. The molecule has 2 rings (SSSR count). The van der Waals surface area contributed by atoms with Gasteiger partial charge in [-0.25, -0.2) is 4.79 Å². The summed E-state index contributed by atoms with van der Waals surface area (Å²) in [6.07, 6.45) is 1.39. The molecular weight excluding hydrogens is 256 g/mol. The maximum atomic E-state index is 11.6. The lowest BCUT2D eigenvalue weighted by atomic mass is 10.2. The van der Waals surface area contributed by atoms with E-state index in [0.29, 0.717) is 6.42 Å². The van der Waals surface area contributed by atoms with Gasteiger partial charge in [-0.15, -0.1) is 0 Å². The monoisotopic (exact) mass is 272 g/mol. The molecule has 0 radical (unpaired) electrons. The molecule has 1 aromatic rings. The van der Waals surface area contributed by atoms with E-state index in [0.717, 1.165) is 5.75 Å². The number of ether oxygens (including phenoxy) is 1. The molecule has 7 heteroatoms. The van der Waals surface area contributed by atoms with Crippen molar-refractivity contribution in [1.29, 1.82) is 0 Å². The van der Waals surface area contributed by atoms with E-state index in [1.54, 1.807) is 11.8 Å². The van der Waals surface area contributed by atoms with Crippen LogP contribution in [0.1, 0.15) is 19.6 Å². The SMILES string of the molecule is CCS[C@H]1C[C@H](n2ccc(=O)[nH]c2=O)O[C@@H]1CO. The smallest absolute Gasteiger partial charge is 0.330 e. The zero-order chi connectivity index (χ0) is 13.1. The number of aromatic nitrogens is 2. The van der Waals surface area contributed by atoms with Crippen LogP contribution >= 0.6 is 11.8 Å². The average molecular weight is 272 g/mol. The summed E-state index contributed by atoms with van der Waals surface area (Å²) in [4.78, 5) is 24.8. The molecule has 0 bridgehead atoms. The molecule has 18 heavy (non-hydrogen) atoms. The lowest BCUT2D eigenvalue weighted by Gasteiger charge is -2.14. The molecule has 0 spiro atoms. The van der Waals surface area contributed by atoms with Crippen molar-refractivity contribution in [3.05, 3.63) is 33.1 Å². The minimum atomic E-state index is -0.480. The van der Waals surface area contributed by atoms with E-state index in [-0.39, 0.29) is 18.0 Å². The highest BCUT2D eigenvalue weighted by Crippen LogP contribution is 2.35. The minimum Gasteiger partial charge on any atom is -0.394 e.